The maximum atomic E-state index is 12.6. The Morgan fingerprint density at radius 3 is 2.65 bits per heavy atom. The molecule has 1 N–H and O–H groups in total. The zero-order valence-electron chi connectivity index (χ0n) is 12.9. The van der Waals surface area contributed by atoms with E-state index in [0.29, 0.717) is 12.2 Å². The summed E-state index contributed by atoms with van der Waals surface area (Å²) < 4.78 is 35.1. The summed E-state index contributed by atoms with van der Waals surface area (Å²) in [5.74, 6) is 0.229. The zero-order valence-corrected chi connectivity index (χ0v) is 12.9. The second-order valence-electron chi connectivity index (χ2n) is 4.67. The molecule has 0 amide bonds. The Balaban J connectivity index is 2.22. The van der Waals surface area contributed by atoms with Crippen LogP contribution < -0.4 is 14.9 Å². The van der Waals surface area contributed by atoms with Crippen molar-refractivity contribution in [1.82, 2.24) is 0 Å². The molecule has 122 valence electrons. The van der Waals surface area contributed by atoms with Gasteiger partial charge in [-0.1, -0.05) is 24.3 Å². The summed E-state index contributed by atoms with van der Waals surface area (Å²) in [6, 6.07) is 12.5. The fourth-order valence-corrected chi connectivity index (χ4v) is 1.99. The van der Waals surface area contributed by atoms with Crippen molar-refractivity contribution in [3.05, 3.63) is 53.6 Å². The molecule has 0 bridgehead atoms. The number of benzene rings is 2. The van der Waals surface area contributed by atoms with Gasteiger partial charge in [0.1, 0.15) is 0 Å². The summed E-state index contributed by atoms with van der Waals surface area (Å²) in [5, 5.41) is 4.09. The normalized spacial score (nSPS) is 11.0. The molecule has 0 atom stereocenters. The lowest BCUT2D eigenvalue weighted by atomic mass is 10.2. The van der Waals surface area contributed by atoms with Gasteiger partial charge < -0.3 is 9.47 Å². The van der Waals surface area contributed by atoms with Crippen molar-refractivity contribution in [2.24, 2.45) is 5.10 Å². The van der Waals surface area contributed by atoms with Gasteiger partial charge in [0.15, 0.2) is 11.5 Å². The summed E-state index contributed by atoms with van der Waals surface area (Å²) in [6.45, 7) is 1.13. The number of aryl methyl sites for hydroxylation is 1. The lowest BCUT2D eigenvalue weighted by Gasteiger charge is -2.13. The van der Waals surface area contributed by atoms with Crippen LogP contribution in [0.3, 0.4) is 0 Å². The van der Waals surface area contributed by atoms with Crippen LogP contribution in [0.2, 0.25) is 0 Å². The number of hydrogen-bond donors (Lipinski definition) is 1. The lowest BCUT2D eigenvalue weighted by Crippen LogP contribution is -2.07. The summed E-state index contributed by atoms with van der Waals surface area (Å²) in [6.07, 6.45) is 1.42. The van der Waals surface area contributed by atoms with E-state index in [1.807, 2.05) is 31.2 Å². The summed E-state index contributed by atoms with van der Waals surface area (Å²) in [5.41, 5.74) is 5.14. The fraction of sp³-hybridized carbons (Fsp3) is 0.235. The van der Waals surface area contributed by atoms with Gasteiger partial charge in [-0.25, -0.2) is 0 Å². The number of ether oxygens (including phenoxy) is 2. The van der Waals surface area contributed by atoms with E-state index in [2.05, 4.69) is 15.3 Å². The SMILES string of the molecule is CCOc1cccc(/C=N\Nc2ccccc2C)c1OC(F)F. The maximum absolute atomic E-state index is 12.6. The maximum Gasteiger partial charge on any atom is 0.387 e. The van der Waals surface area contributed by atoms with Crippen LogP contribution in [0, 0.1) is 6.92 Å². The smallest absolute Gasteiger partial charge is 0.387 e. The average molecular weight is 320 g/mol. The van der Waals surface area contributed by atoms with Gasteiger partial charge >= 0.3 is 6.61 Å². The predicted molar refractivity (Wildman–Crippen MR) is 86.6 cm³/mol. The van der Waals surface area contributed by atoms with E-state index >= 15 is 0 Å². The number of alkyl halides is 2. The highest BCUT2D eigenvalue weighted by molar-refractivity contribution is 5.85. The van der Waals surface area contributed by atoms with Crippen LogP contribution >= 0.6 is 0 Å². The first-order chi connectivity index (χ1) is 11.1. The average Bonchev–Trinajstić information content (AvgIpc) is 2.52. The van der Waals surface area contributed by atoms with Crippen LogP contribution in [0.5, 0.6) is 11.5 Å². The van der Waals surface area contributed by atoms with Gasteiger partial charge in [-0.2, -0.15) is 13.9 Å². The molecule has 0 aliphatic rings. The number of rotatable bonds is 7. The Hall–Kier alpha value is -2.63. The van der Waals surface area contributed by atoms with E-state index in [1.54, 1.807) is 25.1 Å². The highest BCUT2D eigenvalue weighted by Crippen LogP contribution is 2.31. The Labute approximate surface area is 133 Å². The number of nitrogens with zero attached hydrogens (tertiary/aromatic N) is 1. The first-order valence-electron chi connectivity index (χ1n) is 7.17. The highest BCUT2D eigenvalue weighted by atomic mass is 19.3. The molecule has 23 heavy (non-hydrogen) atoms. The highest BCUT2D eigenvalue weighted by Gasteiger charge is 2.14. The molecule has 0 aromatic heterocycles. The Kier molecular flexibility index (Phi) is 5.91. The minimum Gasteiger partial charge on any atom is -0.490 e. The quantitative estimate of drug-likeness (QED) is 0.606. The van der Waals surface area contributed by atoms with Crippen LogP contribution in [0.4, 0.5) is 14.5 Å². The number of halogens is 2. The molecular formula is C17H18F2N2O2. The van der Waals surface area contributed by atoms with Gasteiger partial charge in [-0.15, -0.1) is 0 Å². The minimum absolute atomic E-state index is 0.0281. The largest absolute Gasteiger partial charge is 0.490 e. The Bertz CT molecular complexity index is 675. The minimum atomic E-state index is -2.94. The number of para-hydroxylation sites is 2. The standard InChI is InChI=1S/C17H18F2N2O2/c1-3-22-15-10-6-8-13(16(15)23-17(18)19)11-20-21-14-9-5-4-7-12(14)2/h4-11,17,21H,3H2,1-2H3/b20-11-. The predicted octanol–water partition coefficient (Wildman–Crippen LogP) is 4.44. The molecule has 0 aliphatic carbocycles. The fourth-order valence-electron chi connectivity index (χ4n) is 1.99. The molecule has 6 heteroatoms. The van der Waals surface area contributed by atoms with Crippen molar-refractivity contribution in [3.8, 4) is 11.5 Å². The molecule has 0 heterocycles. The number of nitrogens with one attached hydrogen (secondary N) is 1. The van der Waals surface area contributed by atoms with Crippen molar-refractivity contribution >= 4 is 11.9 Å². The number of hydrogen-bond acceptors (Lipinski definition) is 4. The van der Waals surface area contributed by atoms with E-state index in [-0.39, 0.29) is 11.5 Å². The monoisotopic (exact) mass is 320 g/mol. The van der Waals surface area contributed by atoms with Crippen LogP contribution in [-0.4, -0.2) is 19.4 Å². The topological polar surface area (TPSA) is 42.8 Å². The van der Waals surface area contributed by atoms with Crippen molar-refractivity contribution in [1.29, 1.82) is 0 Å². The van der Waals surface area contributed by atoms with Gasteiger partial charge in [0.05, 0.1) is 18.5 Å². The van der Waals surface area contributed by atoms with Crippen molar-refractivity contribution < 1.29 is 18.3 Å². The third kappa shape index (κ3) is 4.67. The third-order valence-electron chi connectivity index (χ3n) is 3.05. The lowest BCUT2D eigenvalue weighted by molar-refractivity contribution is -0.0515. The number of anilines is 1. The second-order valence-corrected chi connectivity index (χ2v) is 4.67. The van der Waals surface area contributed by atoms with E-state index in [1.165, 1.54) is 6.21 Å². The summed E-state index contributed by atoms with van der Waals surface area (Å²) in [7, 11) is 0. The molecule has 0 saturated heterocycles. The van der Waals surface area contributed by atoms with Crippen molar-refractivity contribution in [2.45, 2.75) is 20.5 Å². The van der Waals surface area contributed by atoms with Gasteiger partial charge in [-0.3, -0.25) is 5.43 Å². The molecule has 0 spiro atoms. The molecule has 2 aromatic rings. The molecule has 0 fully saturated rings. The van der Waals surface area contributed by atoms with Crippen molar-refractivity contribution in [2.75, 3.05) is 12.0 Å². The zero-order chi connectivity index (χ0) is 16.7. The van der Waals surface area contributed by atoms with Crippen LogP contribution in [-0.2, 0) is 0 Å². The molecule has 0 radical (unpaired) electrons. The molecule has 4 nitrogen and oxygen atoms in total. The van der Waals surface area contributed by atoms with Gasteiger partial charge in [0, 0.05) is 5.56 Å². The van der Waals surface area contributed by atoms with Gasteiger partial charge in [-0.05, 0) is 37.6 Å². The Morgan fingerprint density at radius 2 is 1.96 bits per heavy atom. The summed E-state index contributed by atoms with van der Waals surface area (Å²) >= 11 is 0. The molecular weight excluding hydrogens is 302 g/mol. The summed E-state index contributed by atoms with van der Waals surface area (Å²) in [4.78, 5) is 0. The van der Waals surface area contributed by atoms with Gasteiger partial charge in [0.25, 0.3) is 0 Å². The van der Waals surface area contributed by atoms with E-state index in [4.69, 9.17) is 4.74 Å². The number of hydrazone groups is 1. The van der Waals surface area contributed by atoms with Gasteiger partial charge in [0.2, 0.25) is 0 Å². The first-order valence-corrected chi connectivity index (χ1v) is 7.17. The van der Waals surface area contributed by atoms with Crippen molar-refractivity contribution in [3.63, 3.8) is 0 Å². The molecule has 0 aliphatic heterocycles. The second kappa shape index (κ2) is 8.12. The molecule has 2 aromatic carbocycles. The third-order valence-corrected chi connectivity index (χ3v) is 3.05. The first kappa shape index (κ1) is 16.7. The van der Waals surface area contributed by atoms with E-state index in [0.717, 1.165) is 11.3 Å². The van der Waals surface area contributed by atoms with Crippen LogP contribution in [0.25, 0.3) is 0 Å². The van der Waals surface area contributed by atoms with Crippen LogP contribution in [0.15, 0.2) is 47.6 Å². The van der Waals surface area contributed by atoms with E-state index < -0.39 is 6.61 Å². The van der Waals surface area contributed by atoms with E-state index in [9.17, 15) is 8.78 Å². The molecule has 0 unspecified atom stereocenters. The van der Waals surface area contributed by atoms with Crippen LogP contribution in [0.1, 0.15) is 18.1 Å². The Morgan fingerprint density at radius 1 is 1.17 bits per heavy atom. The molecule has 0 saturated carbocycles. The molecule has 2 rings (SSSR count).